The maximum Gasteiger partial charge on any atom is 0.224 e. The molecule has 1 aromatic carbocycles. The van der Waals surface area contributed by atoms with E-state index in [0.29, 0.717) is 11.6 Å². The maximum absolute atomic E-state index is 13.0. The number of anilines is 1. The zero-order valence-electron chi connectivity index (χ0n) is 20.6. The van der Waals surface area contributed by atoms with E-state index in [2.05, 4.69) is 33.4 Å². The van der Waals surface area contributed by atoms with Gasteiger partial charge in [-0.1, -0.05) is 23.3 Å². The van der Waals surface area contributed by atoms with E-state index in [1.165, 1.54) is 31.3 Å². The Morgan fingerprint density at radius 2 is 1.97 bits per heavy atom. The lowest BCUT2D eigenvalue weighted by Gasteiger charge is -2.32. The number of benzene rings is 1. The summed E-state index contributed by atoms with van der Waals surface area (Å²) in [4.78, 5) is 15.2. The molecule has 7 nitrogen and oxygen atoms in total. The van der Waals surface area contributed by atoms with E-state index < -0.39 is 0 Å². The minimum Gasteiger partial charge on any atom is -0.355 e. The fraction of sp³-hybridized carbons (Fsp3) is 0.481. The number of allylic oxidation sites excluding steroid dienone is 1. The molecule has 184 valence electrons. The Morgan fingerprint density at radius 1 is 1.14 bits per heavy atom. The molecule has 1 aliphatic heterocycles. The highest BCUT2D eigenvalue weighted by Crippen LogP contribution is 2.32. The summed E-state index contributed by atoms with van der Waals surface area (Å²) in [5.41, 5.74) is 5.13. The first kappa shape index (κ1) is 23.8. The highest BCUT2D eigenvalue weighted by molar-refractivity contribution is 6.30. The lowest BCUT2D eigenvalue weighted by molar-refractivity contribution is -0.125. The third-order valence-corrected chi connectivity index (χ3v) is 7.53. The van der Waals surface area contributed by atoms with Crippen molar-refractivity contribution in [3.05, 3.63) is 52.3 Å². The smallest absolute Gasteiger partial charge is 0.224 e. The van der Waals surface area contributed by atoms with Crippen LogP contribution in [0.4, 0.5) is 5.82 Å². The number of nitrogens with zero attached hydrogens (tertiary/aromatic N) is 5. The number of aromatic nitrogens is 4. The zero-order valence-corrected chi connectivity index (χ0v) is 21.3. The average molecular weight is 493 g/mol. The summed E-state index contributed by atoms with van der Waals surface area (Å²) in [6, 6.07) is 7.65. The standard InChI is InChI=1S/C27H33ClN6O/c1-18-24-19(2)34(23-12-10-22(28)11-13-23)32-25(24)26(31-30-18)33-16-6-9-21(17-33)27(35)29-15-14-20-7-4-3-5-8-20/h7,10-13,21H,3-6,8-9,14-17H2,1-2H3,(H,29,35)/t21-/m0/s1. The predicted octanol–water partition coefficient (Wildman–Crippen LogP) is 5.31. The van der Waals surface area contributed by atoms with E-state index in [1.807, 2.05) is 35.9 Å². The van der Waals surface area contributed by atoms with Gasteiger partial charge in [0.05, 0.1) is 28.4 Å². The molecule has 1 amide bonds. The molecule has 1 N–H and O–H groups in total. The number of rotatable bonds is 6. The number of carbonyl (C=O) groups is 1. The molecule has 3 heterocycles. The van der Waals surface area contributed by atoms with E-state index in [1.54, 1.807) is 0 Å². The van der Waals surface area contributed by atoms with Gasteiger partial charge in [0.25, 0.3) is 0 Å². The van der Waals surface area contributed by atoms with Crippen molar-refractivity contribution in [2.75, 3.05) is 24.5 Å². The number of hydrogen-bond acceptors (Lipinski definition) is 5. The Labute approximate surface area is 211 Å². The fourth-order valence-corrected chi connectivity index (χ4v) is 5.49. The second kappa shape index (κ2) is 10.4. The van der Waals surface area contributed by atoms with Crippen molar-refractivity contribution in [3.8, 4) is 5.69 Å². The van der Waals surface area contributed by atoms with Gasteiger partial charge in [-0.25, -0.2) is 4.68 Å². The van der Waals surface area contributed by atoms with Crippen molar-refractivity contribution < 1.29 is 4.79 Å². The van der Waals surface area contributed by atoms with Gasteiger partial charge in [0.15, 0.2) is 5.82 Å². The minimum atomic E-state index is -0.0540. The number of nitrogens with one attached hydrogen (secondary N) is 1. The Kier molecular flexibility index (Phi) is 7.04. The third-order valence-electron chi connectivity index (χ3n) is 7.28. The topological polar surface area (TPSA) is 75.9 Å². The predicted molar refractivity (Wildman–Crippen MR) is 140 cm³/mol. The van der Waals surface area contributed by atoms with Gasteiger partial charge in [-0.05, 0) is 83.1 Å². The van der Waals surface area contributed by atoms with E-state index in [0.717, 1.165) is 66.1 Å². The van der Waals surface area contributed by atoms with Crippen LogP contribution in [0.1, 0.15) is 56.3 Å². The molecule has 0 saturated carbocycles. The van der Waals surface area contributed by atoms with Crippen molar-refractivity contribution in [2.24, 2.45) is 5.92 Å². The van der Waals surface area contributed by atoms with Crippen LogP contribution < -0.4 is 10.2 Å². The van der Waals surface area contributed by atoms with Crippen LogP contribution in [-0.2, 0) is 4.79 Å². The van der Waals surface area contributed by atoms with E-state index >= 15 is 0 Å². The van der Waals surface area contributed by atoms with Crippen molar-refractivity contribution in [2.45, 2.75) is 58.8 Å². The van der Waals surface area contributed by atoms with Gasteiger partial charge in [-0.3, -0.25) is 4.79 Å². The van der Waals surface area contributed by atoms with Crippen LogP contribution in [0.3, 0.4) is 0 Å². The van der Waals surface area contributed by atoms with E-state index in [9.17, 15) is 4.79 Å². The normalized spacial score (nSPS) is 18.5. The van der Waals surface area contributed by atoms with Gasteiger partial charge in [-0.2, -0.15) is 10.2 Å². The molecule has 8 heteroatoms. The lowest BCUT2D eigenvalue weighted by Crippen LogP contribution is -2.43. The molecule has 0 unspecified atom stereocenters. The highest BCUT2D eigenvalue weighted by Gasteiger charge is 2.29. The molecule has 35 heavy (non-hydrogen) atoms. The molecule has 1 fully saturated rings. The Bertz CT molecular complexity index is 1250. The number of halogens is 1. The summed E-state index contributed by atoms with van der Waals surface area (Å²) in [5, 5.41) is 18.8. The first-order valence-electron chi connectivity index (χ1n) is 12.7. The third kappa shape index (κ3) is 5.06. The number of amides is 1. The molecule has 1 saturated heterocycles. The second-order valence-electron chi connectivity index (χ2n) is 9.74. The molecule has 1 atom stereocenters. The summed E-state index contributed by atoms with van der Waals surface area (Å²) in [5.74, 6) is 0.846. The molecule has 0 spiro atoms. The van der Waals surface area contributed by atoms with Gasteiger partial charge >= 0.3 is 0 Å². The SMILES string of the molecule is Cc1nnc(N2CCC[C@H](C(=O)NCCC3=CCCCC3)C2)c2nn(-c3ccc(Cl)cc3)c(C)c12. The number of piperidine rings is 1. The van der Waals surface area contributed by atoms with Crippen molar-refractivity contribution in [3.63, 3.8) is 0 Å². The largest absolute Gasteiger partial charge is 0.355 e. The maximum atomic E-state index is 13.0. The molecule has 2 aliphatic rings. The van der Waals surface area contributed by atoms with Crippen molar-refractivity contribution in [1.82, 2.24) is 25.3 Å². The molecule has 1 aliphatic carbocycles. The van der Waals surface area contributed by atoms with Crippen LogP contribution in [0.15, 0.2) is 35.9 Å². The highest BCUT2D eigenvalue weighted by atomic mass is 35.5. The second-order valence-corrected chi connectivity index (χ2v) is 10.2. The average Bonchev–Trinajstić information content (AvgIpc) is 3.23. The van der Waals surface area contributed by atoms with Crippen molar-refractivity contribution in [1.29, 1.82) is 0 Å². The molecule has 2 aromatic heterocycles. The first-order chi connectivity index (χ1) is 17.0. The van der Waals surface area contributed by atoms with Crippen molar-refractivity contribution >= 4 is 34.2 Å². The molecular formula is C27H33ClN6O. The summed E-state index contributed by atoms with van der Waals surface area (Å²) in [6.07, 6.45) is 10.1. The number of hydrogen-bond donors (Lipinski definition) is 1. The molecule has 5 rings (SSSR count). The fourth-order valence-electron chi connectivity index (χ4n) is 5.36. The number of carbonyl (C=O) groups excluding carboxylic acids is 1. The Hall–Kier alpha value is -2.93. The summed E-state index contributed by atoms with van der Waals surface area (Å²) < 4.78 is 1.93. The van der Waals surface area contributed by atoms with Crippen LogP contribution in [0.2, 0.25) is 5.02 Å². The number of aryl methyl sites for hydroxylation is 2. The van der Waals surface area contributed by atoms with Gasteiger partial charge in [0.1, 0.15) is 5.52 Å². The lowest BCUT2D eigenvalue weighted by atomic mass is 9.96. The molecular weight excluding hydrogens is 460 g/mol. The van der Waals surface area contributed by atoms with E-state index in [4.69, 9.17) is 16.7 Å². The number of fused-ring (bicyclic) bond motifs is 1. The van der Waals surface area contributed by atoms with Crippen LogP contribution in [0.25, 0.3) is 16.6 Å². The summed E-state index contributed by atoms with van der Waals surface area (Å²) in [7, 11) is 0. The van der Waals surface area contributed by atoms with Crippen LogP contribution in [0, 0.1) is 19.8 Å². The Morgan fingerprint density at radius 3 is 2.74 bits per heavy atom. The molecule has 3 aromatic rings. The quantitative estimate of drug-likeness (QED) is 0.472. The monoisotopic (exact) mass is 492 g/mol. The van der Waals surface area contributed by atoms with Gasteiger partial charge in [-0.15, -0.1) is 5.10 Å². The minimum absolute atomic E-state index is 0.0540. The summed E-state index contributed by atoms with van der Waals surface area (Å²) in [6.45, 7) is 6.22. The molecule has 0 bridgehead atoms. The zero-order chi connectivity index (χ0) is 24.4. The van der Waals surface area contributed by atoms with Gasteiger partial charge < -0.3 is 10.2 Å². The van der Waals surface area contributed by atoms with Crippen LogP contribution >= 0.6 is 11.6 Å². The summed E-state index contributed by atoms with van der Waals surface area (Å²) >= 11 is 6.09. The Balaban J connectivity index is 1.34. The molecule has 0 radical (unpaired) electrons. The van der Waals surface area contributed by atoms with Crippen LogP contribution in [0.5, 0.6) is 0 Å². The van der Waals surface area contributed by atoms with E-state index in [-0.39, 0.29) is 11.8 Å². The van der Waals surface area contributed by atoms with Crippen LogP contribution in [-0.4, -0.2) is 45.5 Å². The first-order valence-corrected chi connectivity index (χ1v) is 13.1. The van der Waals surface area contributed by atoms with Gasteiger partial charge in [0.2, 0.25) is 5.91 Å². The van der Waals surface area contributed by atoms with Gasteiger partial charge in [0, 0.05) is 24.7 Å².